The molecule has 2 rings (SSSR count). The van der Waals surface area contributed by atoms with E-state index >= 15 is 0 Å². The number of hydrogen-bond donors (Lipinski definition) is 3. The fourth-order valence-electron chi connectivity index (χ4n) is 3.01. The summed E-state index contributed by atoms with van der Waals surface area (Å²) in [5, 5.41) is 9.80. The summed E-state index contributed by atoms with van der Waals surface area (Å²) < 4.78 is 0. The first kappa shape index (κ1) is 22.7. The Labute approximate surface area is 167 Å². The number of carbonyl (C=O) groups is 2. The Hall–Kier alpha value is -1.30. The van der Waals surface area contributed by atoms with Gasteiger partial charge in [0.05, 0.1) is 0 Å². The van der Waals surface area contributed by atoms with Crippen molar-refractivity contribution in [3.63, 3.8) is 0 Å². The van der Waals surface area contributed by atoms with E-state index in [1.54, 1.807) is 24.3 Å². The van der Waals surface area contributed by atoms with Crippen molar-refractivity contribution in [2.45, 2.75) is 39.2 Å². The lowest BCUT2D eigenvalue weighted by Crippen LogP contribution is -2.49. The molecule has 5 nitrogen and oxygen atoms in total. The first-order chi connectivity index (χ1) is 12.0. The molecule has 2 atom stereocenters. The standard InChI is InChI=1S/C19H28ClN3O2.ClH/c1-13(2)10-17(19(25)22-12-14-4-3-9-21-11-14)23-18(24)15-5-7-16(20)8-6-15;/h5-8,13-14,17,21H,3-4,9-12H2,1-2H3,(H,22,25)(H,23,24);1H. The van der Waals surface area contributed by atoms with Crippen LogP contribution in [0.3, 0.4) is 0 Å². The maximum absolute atomic E-state index is 12.6. The summed E-state index contributed by atoms with van der Waals surface area (Å²) in [5.74, 6) is 0.403. The molecule has 0 aliphatic carbocycles. The van der Waals surface area contributed by atoms with Crippen LogP contribution in [0.25, 0.3) is 0 Å². The normalized spacial score (nSPS) is 17.9. The average molecular weight is 402 g/mol. The molecule has 1 aliphatic rings. The van der Waals surface area contributed by atoms with Crippen molar-refractivity contribution >= 4 is 35.8 Å². The molecular formula is C19H29Cl2N3O2. The minimum atomic E-state index is -0.528. The van der Waals surface area contributed by atoms with Gasteiger partial charge < -0.3 is 16.0 Å². The third-order valence-electron chi connectivity index (χ3n) is 4.40. The minimum Gasteiger partial charge on any atom is -0.354 e. The summed E-state index contributed by atoms with van der Waals surface area (Å²) in [5.41, 5.74) is 0.502. The molecule has 0 radical (unpaired) electrons. The second-order valence-electron chi connectivity index (χ2n) is 7.12. The van der Waals surface area contributed by atoms with E-state index in [1.165, 1.54) is 0 Å². The van der Waals surface area contributed by atoms with Gasteiger partial charge in [0.1, 0.15) is 6.04 Å². The molecule has 2 unspecified atom stereocenters. The van der Waals surface area contributed by atoms with Crippen molar-refractivity contribution in [1.29, 1.82) is 0 Å². The molecule has 1 heterocycles. The van der Waals surface area contributed by atoms with E-state index in [0.29, 0.717) is 35.4 Å². The van der Waals surface area contributed by atoms with Gasteiger partial charge in [-0.1, -0.05) is 25.4 Å². The van der Waals surface area contributed by atoms with Gasteiger partial charge in [-0.3, -0.25) is 9.59 Å². The monoisotopic (exact) mass is 401 g/mol. The first-order valence-corrected chi connectivity index (χ1v) is 9.38. The summed E-state index contributed by atoms with van der Waals surface area (Å²) in [6.07, 6.45) is 2.87. The van der Waals surface area contributed by atoms with Crippen molar-refractivity contribution in [2.24, 2.45) is 11.8 Å². The Morgan fingerprint density at radius 3 is 2.54 bits per heavy atom. The highest BCUT2D eigenvalue weighted by atomic mass is 35.5. The SMILES string of the molecule is CC(C)CC(NC(=O)c1ccc(Cl)cc1)C(=O)NCC1CCCNC1.Cl. The van der Waals surface area contributed by atoms with E-state index in [1.807, 2.05) is 13.8 Å². The molecule has 3 N–H and O–H groups in total. The Kier molecular flexibility index (Phi) is 9.99. The molecular weight excluding hydrogens is 373 g/mol. The van der Waals surface area contributed by atoms with Crippen LogP contribution in [0, 0.1) is 11.8 Å². The molecule has 1 fully saturated rings. The zero-order valence-electron chi connectivity index (χ0n) is 15.4. The van der Waals surface area contributed by atoms with E-state index in [0.717, 1.165) is 25.9 Å². The molecule has 2 amide bonds. The zero-order valence-corrected chi connectivity index (χ0v) is 17.0. The highest BCUT2D eigenvalue weighted by Gasteiger charge is 2.23. The minimum absolute atomic E-state index is 0. The lowest BCUT2D eigenvalue weighted by Gasteiger charge is -2.25. The number of halogens is 2. The molecule has 26 heavy (non-hydrogen) atoms. The van der Waals surface area contributed by atoms with E-state index in [9.17, 15) is 9.59 Å². The van der Waals surface area contributed by atoms with Gasteiger partial charge in [0.15, 0.2) is 0 Å². The van der Waals surface area contributed by atoms with E-state index in [-0.39, 0.29) is 24.2 Å². The Balaban J connectivity index is 0.00000338. The maximum atomic E-state index is 12.6. The molecule has 0 spiro atoms. The van der Waals surface area contributed by atoms with Crippen LogP contribution in [-0.2, 0) is 4.79 Å². The van der Waals surface area contributed by atoms with Crippen LogP contribution in [-0.4, -0.2) is 37.5 Å². The summed E-state index contributed by atoms with van der Waals surface area (Å²) in [7, 11) is 0. The summed E-state index contributed by atoms with van der Waals surface area (Å²) in [6.45, 7) is 6.72. The second-order valence-corrected chi connectivity index (χ2v) is 7.56. The number of carbonyl (C=O) groups excluding carboxylic acids is 2. The van der Waals surface area contributed by atoms with Crippen molar-refractivity contribution in [1.82, 2.24) is 16.0 Å². The van der Waals surface area contributed by atoms with Crippen LogP contribution < -0.4 is 16.0 Å². The molecule has 1 aliphatic heterocycles. The first-order valence-electron chi connectivity index (χ1n) is 9.00. The molecule has 0 aromatic heterocycles. The smallest absolute Gasteiger partial charge is 0.251 e. The second kappa shape index (κ2) is 11.4. The fourth-order valence-corrected chi connectivity index (χ4v) is 3.14. The Morgan fingerprint density at radius 2 is 1.96 bits per heavy atom. The largest absolute Gasteiger partial charge is 0.354 e. The topological polar surface area (TPSA) is 70.2 Å². The highest BCUT2D eigenvalue weighted by Crippen LogP contribution is 2.12. The number of amides is 2. The highest BCUT2D eigenvalue weighted by molar-refractivity contribution is 6.30. The van der Waals surface area contributed by atoms with Crippen LogP contribution in [0.15, 0.2) is 24.3 Å². The van der Waals surface area contributed by atoms with Crippen LogP contribution in [0.1, 0.15) is 43.5 Å². The van der Waals surface area contributed by atoms with Crippen LogP contribution >= 0.6 is 24.0 Å². The summed E-state index contributed by atoms with van der Waals surface area (Å²) in [6, 6.07) is 6.14. The van der Waals surface area contributed by atoms with Crippen molar-refractivity contribution in [3.05, 3.63) is 34.9 Å². The summed E-state index contributed by atoms with van der Waals surface area (Å²) in [4.78, 5) is 25.0. The average Bonchev–Trinajstić information content (AvgIpc) is 2.60. The van der Waals surface area contributed by atoms with Gasteiger partial charge in [-0.15, -0.1) is 12.4 Å². The predicted octanol–water partition coefficient (Wildman–Crippen LogP) is 3.02. The predicted molar refractivity (Wildman–Crippen MR) is 108 cm³/mol. The van der Waals surface area contributed by atoms with Gasteiger partial charge in [0.25, 0.3) is 5.91 Å². The number of benzene rings is 1. The third-order valence-corrected chi connectivity index (χ3v) is 4.65. The van der Waals surface area contributed by atoms with E-state index < -0.39 is 6.04 Å². The Morgan fingerprint density at radius 1 is 1.27 bits per heavy atom. The van der Waals surface area contributed by atoms with Gasteiger partial charge in [0, 0.05) is 17.1 Å². The van der Waals surface area contributed by atoms with Gasteiger partial charge in [-0.05, 0) is 68.5 Å². The van der Waals surface area contributed by atoms with Crippen LogP contribution in [0.5, 0.6) is 0 Å². The van der Waals surface area contributed by atoms with Gasteiger partial charge in [-0.25, -0.2) is 0 Å². The Bertz CT molecular complexity index is 573. The maximum Gasteiger partial charge on any atom is 0.251 e. The van der Waals surface area contributed by atoms with Gasteiger partial charge in [-0.2, -0.15) is 0 Å². The van der Waals surface area contributed by atoms with E-state index in [2.05, 4.69) is 16.0 Å². The number of piperidine rings is 1. The van der Waals surface area contributed by atoms with Crippen LogP contribution in [0.4, 0.5) is 0 Å². The van der Waals surface area contributed by atoms with Crippen molar-refractivity contribution < 1.29 is 9.59 Å². The quantitative estimate of drug-likeness (QED) is 0.657. The molecule has 0 saturated carbocycles. The van der Waals surface area contributed by atoms with Crippen molar-refractivity contribution in [2.75, 3.05) is 19.6 Å². The molecule has 0 bridgehead atoms. The third kappa shape index (κ3) is 7.52. The number of hydrogen-bond acceptors (Lipinski definition) is 3. The fraction of sp³-hybridized carbons (Fsp3) is 0.579. The lowest BCUT2D eigenvalue weighted by molar-refractivity contribution is -0.123. The molecule has 1 saturated heterocycles. The zero-order chi connectivity index (χ0) is 18.2. The molecule has 7 heteroatoms. The summed E-state index contributed by atoms with van der Waals surface area (Å²) >= 11 is 5.86. The van der Waals surface area contributed by atoms with Gasteiger partial charge in [0.2, 0.25) is 5.91 Å². The van der Waals surface area contributed by atoms with Gasteiger partial charge >= 0.3 is 0 Å². The van der Waals surface area contributed by atoms with E-state index in [4.69, 9.17) is 11.6 Å². The lowest BCUT2D eigenvalue weighted by atomic mass is 9.99. The molecule has 1 aromatic carbocycles. The molecule has 1 aromatic rings. The number of nitrogens with one attached hydrogen (secondary N) is 3. The molecule has 146 valence electrons. The number of rotatable bonds is 7. The van der Waals surface area contributed by atoms with Crippen LogP contribution in [0.2, 0.25) is 5.02 Å². The van der Waals surface area contributed by atoms with Crippen molar-refractivity contribution in [3.8, 4) is 0 Å².